The molecule has 6 heteroatoms. The Morgan fingerprint density at radius 2 is 1.93 bits per heavy atom. The maximum atomic E-state index is 13.2. The van der Waals surface area contributed by atoms with E-state index < -0.39 is 8.32 Å². The molecule has 0 spiro atoms. The van der Waals surface area contributed by atoms with E-state index in [0.29, 0.717) is 19.5 Å². The van der Waals surface area contributed by atoms with Crippen LogP contribution in [0.2, 0.25) is 18.1 Å². The first-order valence-electron chi connectivity index (χ1n) is 10.2. The summed E-state index contributed by atoms with van der Waals surface area (Å²) in [6, 6.07) is -0.379. The Hall–Kier alpha value is -0.983. The molecule has 5 nitrogen and oxygen atoms in total. The van der Waals surface area contributed by atoms with Crippen molar-refractivity contribution >= 4 is 20.0 Å². The fraction of sp³-hybridized carbons (Fsp3) is 0.810. The van der Waals surface area contributed by atoms with E-state index in [1.807, 2.05) is 13.0 Å². The molecule has 0 radical (unpaired) electrons. The van der Waals surface area contributed by atoms with Crippen LogP contribution in [-0.4, -0.2) is 50.1 Å². The van der Waals surface area contributed by atoms with Crippen LogP contribution in [0.5, 0.6) is 0 Å². The summed E-state index contributed by atoms with van der Waals surface area (Å²) < 4.78 is 6.52. The minimum absolute atomic E-state index is 0.0182. The first kappa shape index (κ1) is 24.1. The van der Waals surface area contributed by atoms with Crippen LogP contribution in [0.25, 0.3) is 0 Å². The second-order valence-corrected chi connectivity index (χ2v) is 14.1. The SMILES string of the molecule is CCC/C(=C\CN)C(C)C(=O)N1C[C@H](O[Si](C)(C)C(C)(C)C)C[C@H]1C(C)=O. The lowest BCUT2D eigenvalue weighted by atomic mass is 9.94. The van der Waals surface area contributed by atoms with E-state index in [1.54, 1.807) is 11.8 Å². The Morgan fingerprint density at radius 3 is 2.37 bits per heavy atom. The molecule has 0 saturated carbocycles. The number of Topliss-reactive ketones (excluding diaryl/α,β-unsaturated/α-hetero) is 1. The monoisotopic (exact) mass is 396 g/mol. The molecule has 1 unspecified atom stereocenters. The number of hydrogen-bond donors (Lipinski definition) is 1. The summed E-state index contributed by atoms with van der Waals surface area (Å²) in [7, 11) is -1.95. The van der Waals surface area contributed by atoms with E-state index in [2.05, 4.69) is 40.8 Å². The van der Waals surface area contributed by atoms with Gasteiger partial charge in [-0.05, 0) is 38.4 Å². The van der Waals surface area contributed by atoms with E-state index in [-0.39, 0.29) is 34.8 Å². The largest absolute Gasteiger partial charge is 0.412 e. The third-order valence-corrected chi connectivity index (χ3v) is 10.7. The first-order chi connectivity index (χ1) is 12.4. The van der Waals surface area contributed by atoms with E-state index in [9.17, 15) is 9.59 Å². The van der Waals surface area contributed by atoms with Gasteiger partial charge in [0, 0.05) is 19.5 Å². The summed E-state index contributed by atoms with van der Waals surface area (Å²) in [5.74, 6) is -0.191. The third kappa shape index (κ3) is 6.00. The van der Waals surface area contributed by atoms with Gasteiger partial charge in [0.2, 0.25) is 5.91 Å². The summed E-state index contributed by atoms with van der Waals surface area (Å²) in [6.07, 6.45) is 4.31. The second kappa shape index (κ2) is 9.48. The zero-order valence-electron chi connectivity index (χ0n) is 18.6. The fourth-order valence-corrected chi connectivity index (χ4v) is 4.81. The van der Waals surface area contributed by atoms with Crippen molar-refractivity contribution in [3.05, 3.63) is 11.6 Å². The number of carbonyl (C=O) groups is 2. The van der Waals surface area contributed by atoms with Crippen LogP contribution >= 0.6 is 0 Å². The van der Waals surface area contributed by atoms with Crippen LogP contribution in [0, 0.1) is 5.92 Å². The molecule has 1 amide bonds. The Kier molecular flexibility index (Phi) is 8.45. The molecule has 2 N–H and O–H groups in total. The van der Waals surface area contributed by atoms with Gasteiger partial charge in [-0.25, -0.2) is 0 Å². The molecule has 3 atom stereocenters. The molecule has 1 heterocycles. The number of rotatable bonds is 8. The zero-order chi connectivity index (χ0) is 21.0. The molecule has 0 aliphatic carbocycles. The van der Waals surface area contributed by atoms with Gasteiger partial charge in [0.1, 0.15) is 0 Å². The van der Waals surface area contributed by atoms with Gasteiger partial charge in [0.05, 0.1) is 18.1 Å². The molecule has 156 valence electrons. The summed E-state index contributed by atoms with van der Waals surface area (Å²) in [5.41, 5.74) is 6.76. The number of nitrogens with two attached hydrogens (primary N) is 1. The number of likely N-dealkylation sites (tertiary alicyclic amines) is 1. The molecule has 0 bridgehead atoms. The Bertz CT molecular complexity index is 566. The molecule has 0 aromatic rings. The first-order valence-corrected chi connectivity index (χ1v) is 13.1. The van der Waals surface area contributed by atoms with Crippen molar-refractivity contribution < 1.29 is 14.0 Å². The summed E-state index contributed by atoms with van der Waals surface area (Å²) >= 11 is 0. The predicted octanol–water partition coefficient (Wildman–Crippen LogP) is 3.89. The van der Waals surface area contributed by atoms with Crippen molar-refractivity contribution in [2.75, 3.05) is 13.1 Å². The number of amides is 1. The highest BCUT2D eigenvalue weighted by atomic mass is 28.4. The predicted molar refractivity (Wildman–Crippen MR) is 114 cm³/mol. The van der Waals surface area contributed by atoms with Crippen LogP contribution in [0.1, 0.15) is 60.8 Å². The van der Waals surface area contributed by atoms with E-state index >= 15 is 0 Å². The van der Waals surface area contributed by atoms with Gasteiger partial charge in [-0.1, -0.05) is 45.8 Å². The minimum atomic E-state index is -1.95. The van der Waals surface area contributed by atoms with Gasteiger partial charge in [-0.15, -0.1) is 0 Å². The molecular formula is C21H40N2O3Si. The zero-order valence-corrected chi connectivity index (χ0v) is 19.6. The Labute approximate surface area is 166 Å². The number of ketones is 1. The fourth-order valence-electron chi connectivity index (χ4n) is 3.45. The van der Waals surface area contributed by atoms with Crippen LogP contribution in [-0.2, 0) is 14.0 Å². The molecule has 0 aromatic heterocycles. The molecular weight excluding hydrogens is 356 g/mol. The second-order valence-electron chi connectivity index (χ2n) is 9.34. The average Bonchev–Trinajstić information content (AvgIpc) is 2.95. The lowest BCUT2D eigenvalue weighted by Crippen LogP contribution is -2.45. The topological polar surface area (TPSA) is 72.6 Å². The van der Waals surface area contributed by atoms with Crippen molar-refractivity contribution in [3.63, 3.8) is 0 Å². The highest BCUT2D eigenvalue weighted by molar-refractivity contribution is 6.74. The number of carbonyl (C=O) groups excluding carboxylic acids is 2. The van der Waals surface area contributed by atoms with E-state index in [4.69, 9.17) is 10.2 Å². The van der Waals surface area contributed by atoms with Gasteiger partial charge in [-0.2, -0.15) is 0 Å². The molecule has 1 rings (SSSR count). The number of nitrogens with zero attached hydrogens (tertiary/aromatic N) is 1. The molecule has 0 aromatic carbocycles. The van der Waals surface area contributed by atoms with E-state index in [1.165, 1.54) is 0 Å². The van der Waals surface area contributed by atoms with Gasteiger partial charge in [0.25, 0.3) is 0 Å². The Morgan fingerprint density at radius 1 is 1.33 bits per heavy atom. The lowest BCUT2D eigenvalue weighted by Gasteiger charge is -2.38. The maximum Gasteiger partial charge on any atom is 0.230 e. The van der Waals surface area contributed by atoms with Gasteiger partial charge in [0.15, 0.2) is 14.1 Å². The van der Waals surface area contributed by atoms with Crippen LogP contribution in [0.3, 0.4) is 0 Å². The number of hydrogen-bond acceptors (Lipinski definition) is 4. The van der Waals surface area contributed by atoms with E-state index in [0.717, 1.165) is 18.4 Å². The smallest absolute Gasteiger partial charge is 0.230 e. The molecule has 1 aliphatic rings. The molecule has 1 aliphatic heterocycles. The lowest BCUT2D eigenvalue weighted by molar-refractivity contribution is -0.139. The minimum Gasteiger partial charge on any atom is -0.412 e. The van der Waals surface area contributed by atoms with Crippen LogP contribution < -0.4 is 5.73 Å². The molecule has 1 fully saturated rings. The standard InChI is InChI=1S/C21H40N2O3Si/c1-9-10-17(11-12-22)15(2)20(25)23-14-18(13-19(23)16(3)24)26-27(7,8)21(4,5)6/h11,15,18-19H,9-10,12-14,22H2,1-8H3/b17-11+/t15?,18-,19+/m1/s1. The van der Waals surface area contributed by atoms with Gasteiger partial charge >= 0.3 is 0 Å². The maximum absolute atomic E-state index is 13.2. The van der Waals surface area contributed by atoms with Crippen molar-refractivity contribution in [2.45, 2.75) is 91.1 Å². The molecule has 27 heavy (non-hydrogen) atoms. The van der Waals surface area contributed by atoms with Crippen LogP contribution in [0.15, 0.2) is 11.6 Å². The Balaban J connectivity index is 3.00. The van der Waals surface area contributed by atoms with Crippen LogP contribution in [0.4, 0.5) is 0 Å². The van der Waals surface area contributed by atoms with Crippen molar-refractivity contribution in [3.8, 4) is 0 Å². The highest BCUT2D eigenvalue weighted by Crippen LogP contribution is 2.39. The van der Waals surface area contributed by atoms with Gasteiger partial charge < -0.3 is 15.1 Å². The summed E-state index contributed by atoms with van der Waals surface area (Å²) in [5, 5.41) is 0.0988. The average molecular weight is 397 g/mol. The normalized spacial score (nSPS) is 22.9. The summed E-state index contributed by atoms with van der Waals surface area (Å²) in [6.45, 7) is 17.6. The van der Waals surface area contributed by atoms with Crippen molar-refractivity contribution in [1.29, 1.82) is 0 Å². The third-order valence-electron chi connectivity index (χ3n) is 6.13. The van der Waals surface area contributed by atoms with Crippen molar-refractivity contribution in [1.82, 2.24) is 4.90 Å². The summed E-state index contributed by atoms with van der Waals surface area (Å²) in [4.78, 5) is 27.2. The van der Waals surface area contributed by atoms with Crippen molar-refractivity contribution in [2.24, 2.45) is 11.7 Å². The van der Waals surface area contributed by atoms with Gasteiger partial charge in [-0.3, -0.25) is 9.59 Å². The highest BCUT2D eigenvalue weighted by Gasteiger charge is 2.45. The quantitative estimate of drug-likeness (QED) is 0.499. The molecule has 1 saturated heterocycles.